The number of benzene rings is 1. The van der Waals surface area contributed by atoms with Gasteiger partial charge in [-0.15, -0.1) is 6.42 Å². The van der Waals surface area contributed by atoms with Crippen LogP contribution in [-0.2, 0) is 0 Å². The second-order valence-corrected chi connectivity index (χ2v) is 3.19. The van der Waals surface area contributed by atoms with Crippen molar-refractivity contribution in [2.75, 3.05) is 6.61 Å². The fraction of sp³-hybridized carbons (Fsp3) is 0.308. The lowest BCUT2D eigenvalue weighted by Crippen LogP contribution is -2.01. The van der Waals surface area contributed by atoms with E-state index in [-0.39, 0.29) is 0 Å². The topological polar surface area (TPSA) is 26.3 Å². The van der Waals surface area contributed by atoms with Crippen molar-refractivity contribution < 1.29 is 9.53 Å². The maximum Gasteiger partial charge on any atom is 0.153 e. The van der Waals surface area contributed by atoms with E-state index in [2.05, 4.69) is 12.8 Å². The van der Waals surface area contributed by atoms with Crippen LogP contribution in [0.3, 0.4) is 0 Å². The van der Waals surface area contributed by atoms with Gasteiger partial charge in [-0.1, -0.05) is 25.3 Å². The molecule has 0 fully saturated rings. The van der Waals surface area contributed by atoms with Gasteiger partial charge in [-0.2, -0.15) is 0 Å². The average molecular weight is 202 g/mol. The number of rotatable bonds is 5. The summed E-state index contributed by atoms with van der Waals surface area (Å²) in [5, 5.41) is 0. The van der Waals surface area contributed by atoms with Crippen LogP contribution >= 0.6 is 0 Å². The molecule has 0 aliphatic heterocycles. The number of hydrogen-bond acceptors (Lipinski definition) is 2. The van der Waals surface area contributed by atoms with Crippen LogP contribution in [0.5, 0.6) is 5.75 Å². The number of carbonyl (C=O) groups is 1. The van der Waals surface area contributed by atoms with Gasteiger partial charge in [0, 0.05) is 0 Å². The zero-order valence-electron chi connectivity index (χ0n) is 8.82. The molecule has 78 valence electrons. The fourth-order valence-corrected chi connectivity index (χ4v) is 1.24. The van der Waals surface area contributed by atoms with E-state index in [0.29, 0.717) is 23.5 Å². The smallest absolute Gasteiger partial charge is 0.153 e. The fourth-order valence-electron chi connectivity index (χ4n) is 1.24. The van der Waals surface area contributed by atoms with Crippen molar-refractivity contribution in [2.45, 2.75) is 19.8 Å². The van der Waals surface area contributed by atoms with Crippen LogP contribution in [0.25, 0.3) is 0 Å². The first-order chi connectivity index (χ1) is 7.33. The zero-order chi connectivity index (χ0) is 11.1. The average Bonchev–Trinajstić information content (AvgIpc) is 2.29. The summed E-state index contributed by atoms with van der Waals surface area (Å²) in [6.45, 7) is 2.67. The Labute approximate surface area is 90.3 Å². The van der Waals surface area contributed by atoms with Gasteiger partial charge >= 0.3 is 0 Å². The molecule has 0 bridgehead atoms. The Morgan fingerprint density at radius 3 is 2.93 bits per heavy atom. The minimum atomic E-state index is 0.515. The lowest BCUT2D eigenvalue weighted by atomic mass is 10.1. The van der Waals surface area contributed by atoms with Gasteiger partial charge in [0.15, 0.2) is 6.29 Å². The number of hydrogen-bond donors (Lipinski definition) is 0. The van der Waals surface area contributed by atoms with E-state index in [9.17, 15) is 4.79 Å². The Hall–Kier alpha value is -1.75. The van der Waals surface area contributed by atoms with Crippen LogP contribution in [0.4, 0.5) is 0 Å². The molecule has 2 nitrogen and oxygen atoms in total. The molecule has 15 heavy (non-hydrogen) atoms. The van der Waals surface area contributed by atoms with Crippen LogP contribution in [0.1, 0.15) is 35.7 Å². The van der Waals surface area contributed by atoms with Gasteiger partial charge in [0.25, 0.3) is 0 Å². The normalized spacial score (nSPS) is 9.33. The van der Waals surface area contributed by atoms with Crippen LogP contribution < -0.4 is 4.74 Å². The van der Waals surface area contributed by atoms with E-state index in [1.807, 2.05) is 0 Å². The molecule has 0 aliphatic rings. The van der Waals surface area contributed by atoms with Crippen molar-refractivity contribution in [1.29, 1.82) is 0 Å². The van der Waals surface area contributed by atoms with Crippen LogP contribution in [0.2, 0.25) is 0 Å². The standard InChI is InChI=1S/C13H14O2/c1-3-5-9-15-13-11(4-2)7-6-8-12(13)10-14/h2,6-8,10H,3,5,9H2,1H3. The summed E-state index contributed by atoms with van der Waals surface area (Å²) < 4.78 is 5.52. The number of unbranched alkanes of at least 4 members (excludes halogenated alkanes) is 1. The van der Waals surface area contributed by atoms with Gasteiger partial charge < -0.3 is 4.74 Å². The van der Waals surface area contributed by atoms with Gasteiger partial charge in [0.2, 0.25) is 0 Å². The van der Waals surface area contributed by atoms with Crippen molar-refractivity contribution in [1.82, 2.24) is 0 Å². The molecule has 0 aliphatic carbocycles. The first-order valence-corrected chi connectivity index (χ1v) is 5.01. The van der Waals surface area contributed by atoms with Gasteiger partial charge in [0.05, 0.1) is 17.7 Å². The molecule has 1 rings (SSSR count). The molecule has 0 aromatic heterocycles. The van der Waals surface area contributed by atoms with Crippen molar-refractivity contribution in [3.8, 4) is 18.1 Å². The monoisotopic (exact) mass is 202 g/mol. The summed E-state index contributed by atoms with van der Waals surface area (Å²) in [5.74, 6) is 3.04. The molecule has 0 atom stereocenters. The molecular formula is C13H14O2. The van der Waals surface area contributed by atoms with Gasteiger partial charge in [-0.25, -0.2) is 0 Å². The summed E-state index contributed by atoms with van der Waals surface area (Å²) in [6, 6.07) is 5.23. The highest BCUT2D eigenvalue weighted by Crippen LogP contribution is 2.22. The first-order valence-electron chi connectivity index (χ1n) is 5.01. The number of carbonyl (C=O) groups excluding carboxylic acids is 1. The minimum Gasteiger partial charge on any atom is -0.492 e. The van der Waals surface area contributed by atoms with E-state index < -0.39 is 0 Å². The van der Waals surface area contributed by atoms with Crippen LogP contribution in [-0.4, -0.2) is 12.9 Å². The molecule has 0 saturated heterocycles. The molecule has 0 spiro atoms. The summed E-state index contributed by atoms with van der Waals surface area (Å²) in [6.07, 6.45) is 8.10. The second kappa shape index (κ2) is 5.87. The molecule has 1 aromatic carbocycles. The van der Waals surface area contributed by atoms with Crippen LogP contribution in [0, 0.1) is 12.3 Å². The predicted molar refractivity (Wildman–Crippen MR) is 60.2 cm³/mol. The lowest BCUT2D eigenvalue weighted by molar-refractivity contribution is 0.111. The third-order valence-corrected chi connectivity index (χ3v) is 2.07. The quantitative estimate of drug-likeness (QED) is 0.417. The number of ether oxygens (including phenoxy) is 1. The van der Waals surface area contributed by atoms with Crippen molar-refractivity contribution >= 4 is 6.29 Å². The van der Waals surface area contributed by atoms with Crippen molar-refractivity contribution in [2.24, 2.45) is 0 Å². The number of para-hydroxylation sites is 1. The van der Waals surface area contributed by atoms with Crippen molar-refractivity contribution in [3.05, 3.63) is 29.3 Å². The summed E-state index contributed by atoms with van der Waals surface area (Å²) in [7, 11) is 0. The molecule has 0 N–H and O–H groups in total. The third kappa shape index (κ3) is 2.85. The summed E-state index contributed by atoms with van der Waals surface area (Å²) in [4.78, 5) is 10.8. The molecule has 0 unspecified atom stereocenters. The van der Waals surface area contributed by atoms with E-state index >= 15 is 0 Å². The maximum absolute atomic E-state index is 10.8. The van der Waals surface area contributed by atoms with E-state index in [1.54, 1.807) is 18.2 Å². The molecule has 0 saturated carbocycles. The zero-order valence-corrected chi connectivity index (χ0v) is 8.82. The Balaban J connectivity index is 2.91. The molecular weight excluding hydrogens is 188 g/mol. The SMILES string of the molecule is C#Cc1cccc(C=O)c1OCCCC. The lowest BCUT2D eigenvalue weighted by Gasteiger charge is -2.09. The number of terminal acetylenes is 1. The Bertz CT molecular complexity index is 375. The molecule has 0 radical (unpaired) electrons. The molecule has 0 amide bonds. The number of aldehydes is 1. The maximum atomic E-state index is 10.8. The first kappa shape index (κ1) is 11.3. The Morgan fingerprint density at radius 1 is 1.53 bits per heavy atom. The third-order valence-electron chi connectivity index (χ3n) is 2.07. The van der Waals surface area contributed by atoms with Crippen molar-refractivity contribution in [3.63, 3.8) is 0 Å². The molecule has 0 heterocycles. The van der Waals surface area contributed by atoms with Gasteiger partial charge in [-0.05, 0) is 18.6 Å². The highest BCUT2D eigenvalue weighted by molar-refractivity contribution is 5.81. The summed E-state index contributed by atoms with van der Waals surface area (Å²) >= 11 is 0. The van der Waals surface area contributed by atoms with E-state index in [4.69, 9.17) is 11.2 Å². The minimum absolute atomic E-state index is 0.515. The molecule has 1 aromatic rings. The Kier molecular flexibility index (Phi) is 4.43. The highest BCUT2D eigenvalue weighted by Gasteiger charge is 2.06. The van der Waals surface area contributed by atoms with E-state index in [1.165, 1.54) is 0 Å². The molecule has 2 heteroatoms. The summed E-state index contributed by atoms with van der Waals surface area (Å²) in [5.41, 5.74) is 1.15. The van der Waals surface area contributed by atoms with Gasteiger partial charge in [0.1, 0.15) is 5.75 Å². The Morgan fingerprint density at radius 2 is 2.33 bits per heavy atom. The van der Waals surface area contributed by atoms with E-state index in [0.717, 1.165) is 19.1 Å². The predicted octanol–water partition coefficient (Wildman–Crippen LogP) is 2.66. The largest absolute Gasteiger partial charge is 0.492 e. The van der Waals surface area contributed by atoms with Crippen LogP contribution in [0.15, 0.2) is 18.2 Å². The second-order valence-electron chi connectivity index (χ2n) is 3.19. The van der Waals surface area contributed by atoms with Gasteiger partial charge in [-0.3, -0.25) is 4.79 Å². The highest BCUT2D eigenvalue weighted by atomic mass is 16.5.